The molecule has 0 unspecified atom stereocenters. The van der Waals surface area contributed by atoms with Gasteiger partial charge in [-0.2, -0.15) is 18.4 Å². The summed E-state index contributed by atoms with van der Waals surface area (Å²) in [6, 6.07) is 3.17. The largest absolute Gasteiger partial charge is 0.418 e. The summed E-state index contributed by atoms with van der Waals surface area (Å²) in [7, 11) is 0. The topological polar surface area (TPSA) is 66.9 Å². The summed E-state index contributed by atoms with van der Waals surface area (Å²) in [6.45, 7) is 1.16. The molecule has 2 N–H and O–H groups in total. The maximum Gasteiger partial charge on any atom is 0.418 e. The number of nitrogen functional groups attached to an aromatic ring is 1. The summed E-state index contributed by atoms with van der Waals surface area (Å²) in [5, 5.41) is 8.69. The standard InChI is InChI=1S/C10H7F3N2O/c1-5(16)6-2-3-8(10(11,12)13)9(15)7(6)4-14/h2-3H,15H2,1H3. The zero-order chi connectivity index (χ0) is 12.5. The van der Waals surface area contributed by atoms with E-state index < -0.39 is 28.8 Å². The second kappa shape index (κ2) is 3.85. The molecule has 84 valence electrons. The molecule has 3 nitrogen and oxygen atoms in total. The number of halogens is 3. The van der Waals surface area contributed by atoms with Crippen LogP contribution < -0.4 is 5.73 Å². The molecule has 0 heterocycles. The van der Waals surface area contributed by atoms with Crippen molar-refractivity contribution in [2.45, 2.75) is 13.1 Å². The van der Waals surface area contributed by atoms with Crippen LogP contribution in [0.5, 0.6) is 0 Å². The van der Waals surface area contributed by atoms with E-state index in [1.807, 2.05) is 0 Å². The van der Waals surface area contributed by atoms with Crippen molar-refractivity contribution in [2.24, 2.45) is 0 Å². The molecule has 0 amide bonds. The highest BCUT2D eigenvalue weighted by atomic mass is 19.4. The molecular weight excluding hydrogens is 221 g/mol. The molecule has 16 heavy (non-hydrogen) atoms. The van der Waals surface area contributed by atoms with Gasteiger partial charge in [0.25, 0.3) is 0 Å². The van der Waals surface area contributed by atoms with Crippen LogP contribution in [0, 0.1) is 11.3 Å². The smallest absolute Gasteiger partial charge is 0.397 e. The van der Waals surface area contributed by atoms with E-state index >= 15 is 0 Å². The molecule has 1 aromatic rings. The Labute approximate surface area is 89.3 Å². The molecule has 0 fully saturated rings. The van der Waals surface area contributed by atoms with Gasteiger partial charge in [-0.25, -0.2) is 0 Å². The van der Waals surface area contributed by atoms with Crippen LogP contribution in [0.3, 0.4) is 0 Å². The molecule has 1 rings (SSSR count). The number of nitrogens with two attached hydrogens (primary N) is 1. The molecule has 0 bridgehead atoms. The van der Waals surface area contributed by atoms with E-state index in [-0.39, 0.29) is 5.56 Å². The van der Waals surface area contributed by atoms with E-state index in [0.29, 0.717) is 6.07 Å². The van der Waals surface area contributed by atoms with Crippen LogP contribution in [-0.4, -0.2) is 5.78 Å². The lowest BCUT2D eigenvalue weighted by Gasteiger charge is -2.12. The highest BCUT2D eigenvalue weighted by Gasteiger charge is 2.34. The molecule has 6 heteroatoms. The molecule has 0 spiro atoms. The molecule has 0 aliphatic rings. The monoisotopic (exact) mass is 228 g/mol. The van der Waals surface area contributed by atoms with Gasteiger partial charge in [0.05, 0.1) is 16.8 Å². The minimum absolute atomic E-state index is 0.104. The quantitative estimate of drug-likeness (QED) is 0.592. The first-order chi connectivity index (χ1) is 7.29. The summed E-state index contributed by atoms with van der Waals surface area (Å²) in [5.74, 6) is -0.503. The Morgan fingerprint density at radius 3 is 2.38 bits per heavy atom. The van der Waals surface area contributed by atoms with Crippen molar-refractivity contribution in [3.05, 3.63) is 28.8 Å². The van der Waals surface area contributed by atoms with Crippen LogP contribution >= 0.6 is 0 Å². The Bertz CT molecular complexity index is 486. The highest BCUT2D eigenvalue weighted by molar-refractivity contribution is 5.98. The van der Waals surface area contributed by atoms with Crippen LogP contribution in [0.25, 0.3) is 0 Å². The van der Waals surface area contributed by atoms with Crippen LogP contribution in [0.15, 0.2) is 12.1 Å². The summed E-state index contributed by atoms with van der Waals surface area (Å²) in [6.07, 6.45) is -4.63. The van der Waals surface area contributed by atoms with Crippen molar-refractivity contribution in [3.63, 3.8) is 0 Å². The lowest BCUT2D eigenvalue weighted by atomic mass is 9.99. The second-order valence-corrected chi connectivity index (χ2v) is 3.12. The molecule has 1 aromatic carbocycles. The number of carbonyl (C=O) groups is 1. The lowest BCUT2D eigenvalue weighted by Crippen LogP contribution is -2.12. The van der Waals surface area contributed by atoms with Crippen molar-refractivity contribution in [1.82, 2.24) is 0 Å². The Morgan fingerprint density at radius 2 is 2.00 bits per heavy atom. The average Bonchev–Trinajstić information content (AvgIpc) is 2.14. The van der Waals surface area contributed by atoms with Gasteiger partial charge in [-0.3, -0.25) is 4.79 Å². The van der Waals surface area contributed by atoms with Crippen LogP contribution in [0.1, 0.15) is 28.4 Å². The molecule has 0 aliphatic heterocycles. The van der Waals surface area contributed by atoms with E-state index in [0.717, 1.165) is 13.0 Å². The van der Waals surface area contributed by atoms with Crippen LogP contribution in [0.2, 0.25) is 0 Å². The third-order valence-electron chi connectivity index (χ3n) is 2.04. The van der Waals surface area contributed by atoms with Crippen molar-refractivity contribution in [3.8, 4) is 6.07 Å². The van der Waals surface area contributed by atoms with E-state index in [4.69, 9.17) is 11.0 Å². The molecule has 0 aromatic heterocycles. The Morgan fingerprint density at radius 1 is 1.44 bits per heavy atom. The fourth-order valence-corrected chi connectivity index (χ4v) is 1.28. The first-order valence-corrected chi connectivity index (χ1v) is 4.19. The van der Waals surface area contributed by atoms with E-state index in [9.17, 15) is 18.0 Å². The summed E-state index contributed by atoms with van der Waals surface area (Å²) < 4.78 is 37.3. The molecule has 0 saturated heterocycles. The normalized spacial score (nSPS) is 10.9. The number of carbonyl (C=O) groups excluding carboxylic acids is 1. The summed E-state index contributed by atoms with van der Waals surface area (Å²) >= 11 is 0. The fourth-order valence-electron chi connectivity index (χ4n) is 1.28. The SMILES string of the molecule is CC(=O)c1ccc(C(F)(F)F)c(N)c1C#N. The fraction of sp³-hybridized carbons (Fsp3) is 0.200. The third-order valence-corrected chi connectivity index (χ3v) is 2.04. The lowest BCUT2D eigenvalue weighted by molar-refractivity contribution is -0.136. The van der Waals surface area contributed by atoms with Gasteiger partial charge in [0.2, 0.25) is 0 Å². The van der Waals surface area contributed by atoms with Gasteiger partial charge < -0.3 is 5.73 Å². The Hall–Kier alpha value is -2.03. The number of anilines is 1. The number of benzene rings is 1. The second-order valence-electron chi connectivity index (χ2n) is 3.12. The molecular formula is C10H7F3N2O. The van der Waals surface area contributed by atoms with E-state index in [1.54, 1.807) is 0 Å². The van der Waals surface area contributed by atoms with Crippen molar-refractivity contribution < 1.29 is 18.0 Å². The maximum absolute atomic E-state index is 12.4. The van der Waals surface area contributed by atoms with E-state index in [1.165, 1.54) is 6.07 Å². The van der Waals surface area contributed by atoms with Crippen molar-refractivity contribution >= 4 is 11.5 Å². The number of nitriles is 1. The number of hydrogen-bond acceptors (Lipinski definition) is 3. The van der Waals surface area contributed by atoms with Crippen molar-refractivity contribution in [2.75, 3.05) is 5.73 Å². The molecule has 0 aliphatic carbocycles. The van der Waals surface area contributed by atoms with Gasteiger partial charge in [0, 0.05) is 5.56 Å². The number of rotatable bonds is 1. The minimum Gasteiger partial charge on any atom is -0.397 e. The maximum atomic E-state index is 12.4. The molecule has 0 atom stereocenters. The number of hydrogen-bond donors (Lipinski definition) is 1. The predicted molar refractivity (Wildman–Crippen MR) is 50.6 cm³/mol. The van der Waals surface area contributed by atoms with Gasteiger partial charge in [-0.1, -0.05) is 0 Å². The van der Waals surface area contributed by atoms with Gasteiger partial charge in [-0.05, 0) is 19.1 Å². The first-order valence-electron chi connectivity index (χ1n) is 4.19. The van der Waals surface area contributed by atoms with Gasteiger partial charge in [0.1, 0.15) is 6.07 Å². The zero-order valence-corrected chi connectivity index (χ0v) is 8.22. The molecule has 0 saturated carbocycles. The predicted octanol–water partition coefficient (Wildman–Crippen LogP) is 2.36. The zero-order valence-electron chi connectivity index (χ0n) is 8.22. The Balaban J connectivity index is 3.55. The summed E-state index contributed by atoms with van der Waals surface area (Å²) in [4.78, 5) is 11.1. The number of ketones is 1. The summed E-state index contributed by atoms with van der Waals surface area (Å²) in [5.41, 5.74) is 2.88. The van der Waals surface area contributed by atoms with Gasteiger partial charge in [-0.15, -0.1) is 0 Å². The molecule has 0 radical (unpaired) electrons. The third kappa shape index (κ3) is 1.98. The minimum atomic E-state index is -4.63. The van der Waals surface area contributed by atoms with E-state index in [2.05, 4.69) is 0 Å². The van der Waals surface area contributed by atoms with Gasteiger partial charge in [0.15, 0.2) is 5.78 Å². The van der Waals surface area contributed by atoms with Crippen molar-refractivity contribution in [1.29, 1.82) is 5.26 Å². The number of nitrogens with zero attached hydrogens (tertiary/aromatic N) is 1. The average molecular weight is 228 g/mol. The highest BCUT2D eigenvalue weighted by Crippen LogP contribution is 2.36. The Kier molecular flexibility index (Phi) is 2.90. The van der Waals surface area contributed by atoms with Crippen LogP contribution in [-0.2, 0) is 6.18 Å². The number of alkyl halides is 3. The number of Topliss-reactive ketones (excluding diaryl/α,β-unsaturated/α-hetero) is 1. The first kappa shape index (κ1) is 12.0. The van der Waals surface area contributed by atoms with Crippen LogP contribution in [0.4, 0.5) is 18.9 Å². The van der Waals surface area contributed by atoms with Gasteiger partial charge >= 0.3 is 6.18 Å².